The first-order valence-electron chi connectivity index (χ1n) is 7.80. The van der Waals surface area contributed by atoms with Crippen molar-refractivity contribution in [2.45, 2.75) is 77.4 Å². The van der Waals surface area contributed by atoms with Crippen LogP contribution in [0, 0.1) is 0 Å². The van der Waals surface area contributed by atoms with Crippen LogP contribution in [0.4, 0.5) is 0 Å². The number of carboxylic acids is 1. The number of hydrogen-bond donors (Lipinski definition) is 1. The van der Waals surface area contributed by atoms with Crippen LogP contribution in [0.1, 0.15) is 77.6 Å². The molecule has 0 spiro atoms. The highest BCUT2D eigenvalue weighted by atomic mass is 127. The van der Waals surface area contributed by atoms with Crippen molar-refractivity contribution >= 4 is 142 Å². The van der Waals surface area contributed by atoms with Gasteiger partial charge in [0.05, 0.1) is 0 Å². The minimum Gasteiger partial charge on any atom is -0.481 e. The highest BCUT2D eigenvalue weighted by molar-refractivity contribution is 14.3. The molecular formula is C15H28I6O2. The third-order valence-electron chi connectivity index (χ3n) is 2.74. The van der Waals surface area contributed by atoms with Gasteiger partial charge < -0.3 is 5.11 Å². The fourth-order valence-electron chi connectivity index (χ4n) is 1.76. The smallest absolute Gasteiger partial charge is 0.303 e. The zero-order valence-corrected chi connectivity index (χ0v) is 26.5. The maximum absolute atomic E-state index is 10.2. The summed E-state index contributed by atoms with van der Waals surface area (Å²) >= 11 is 13.9. The molecule has 0 rings (SSSR count). The second-order valence-electron chi connectivity index (χ2n) is 4.82. The Morgan fingerprint density at radius 3 is 1.22 bits per heavy atom. The van der Waals surface area contributed by atoms with Gasteiger partial charge in [0.2, 0.25) is 0 Å². The molecule has 0 saturated carbocycles. The van der Waals surface area contributed by atoms with Gasteiger partial charge in [-0.05, 0) is 6.42 Å². The van der Waals surface area contributed by atoms with E-state index in [0.29, 0.717) is 6.42 Å². The van der Waals surface area contributed by atoms with Crippen LogP contribution in [-0.4, -0.2) is 11.0 Å². The molecule has 0 aliphatic carbocycles. The number of rotatable bonds is 11. The molecule has 0 unspecified atom stereocenters. The molecule has 0 aromatic rings. The van der Waals surface area contributed by atoms with Gasteiger partial charge in [-0.25, -0.2) is 0 Å². The lowest BCUT2D eigenvalue weighted by Gasteiger charge is -2.01. The highest BCUT2D eigenvalue weighted by Crippen LogP contribution is 2.16. The number of halogens is 6. The van der Waals surface area contributed by atoms with Crippen molar-refractivity contribution in [2.75, 3.05) is 0 Å². The first-order chi connectivity index (χ1) is 10.7. The number of unbranched alkanes of at least 4 members (excludes halogenated alkanes) is 9. The second kappa shape index (κ2) is 28.1. The third-order valence-corrected chi connectivity index (χ3v) is 2.74. The summed E-state index contributed by atoms with van der Waals surface area (Å²) in [7, 11) is 0. The summed E-state index contributed by atoms with van der Waals surface area (Å²) in [5, 5.41) is 8.44. The van der Waals surface area contributed by atoms with Gasteiger partial charge in [0.25, 0.3) is 0 Å². The fourth-order valence-corrected chi connectivity index (χ4v) is 1.76. The van der Waals surface area contributed by atoms with Crippen molar-refractivity contribution in [1.82, 2.24) is 0 Å². The van der Waals surface area contributed by atoms with Crippen molar-refractivity contribution in [2.24, 2.45) is 0 Å². The van der Waals surface area contributed by atoms with E-state index in [1.807, 2.05) is 0 Å². The van der Waals surface area contributed by atoms with Crippen LogP contribution in [0.15, 0.2) is 0 Å². The van der Waals surface area contributed by atoms with Crippen LogP contribution in [0.25, 0.3) is 0 Å². The second-order valence-corrected chi connectivity index (χ2v) is 26.6. The maximum Gasteiger partial charge on any atom is 0.303 e. The van der Waals surface area contributed by atoms with Gasteiger partial charge in [0.15, 0.2) is 0 Å². The van der Waals surface area contributed by atoms with Crippen LogP contribution in [0.3, 0.4) is 0 Å². The molecule has 0 fully saturated rings. The van der Waals surface area contributed by atoms with Gasteiger partial charge in [0, 0.05) is 6.42 Å². The summed E-state index contributed by atoms with van der Waals surface area (Å²) in [6.07, 6.45) is 12.9. The summed E-state index contributed by atoms with van der Waals surface area (Å²) in [6.45, 7) is 2.24. The van der Waals surface area contributed by atoms with Gasteiger partial charge >= 0.3 is 5.97 Å². The normalized spacial score (nSPS) is 9.96. The number of alkyl halides is 6. The Hall–Kier alpha value is 3.85. The summed E-state index contributed by atoms with van der Waals surface area (Å²) in [6, 6.07) is 0. The molecule has 8 heteroatoms. The molecule has 2 nitrogen and oxygen atoms in total. The highest BCUT2D eigenvalue weighted by Gasteiger charge is 1.96. The molecule has 0 aromatic carbocycles. The summed E-state index contributed by atoms with van der Waals surface area (Å²) in [5.74, 6) is -0.658. The Balaban J connectivity index is -0.000000413. The lowest BCUT2D eigenvalue weighted by atomic mass is 10.1. The van der Waals surface area contributed by atoms with Crippen LogP contribution >= 0.6 is 136 Å². The Labute approximate surface area is 224 Å². The van der Waals surface area contributed by atoms with Crippen molar-refractivity contribution in [3.05, 3.63) is 0 Å². The molecule has 0 radical (unpaired) electrons. The molecule has 0 amide bonds. The van der Waals surface area contributed by atoms with Crippen LogP contribution in [0.2, 0.25) is 0 Å². The molecule has 0 aromatic heterocycles. The first-order valence-corrected chi connectivity index (χ1v) is 15.3. The molecule has 0 aliphatic rings. The molecule has 0 heterocycles. The minimum absolute atomic E-state index is 0.344. The number of hydrogen-bond acceptors (Lipinski definition) is 1. The van der Waals surface area contributed by atoms with E-state index < -0.39 is 5.97 Å². The Morgan fingerprint density at radius 1 is 0.696 bits per heavy atom. The zero-order chi connectivity index (χ0) is 18.5. The predicted octanol–water partition coefficient (Wildman–Crippen LogP) is 9.53. The van der Waals surface area contributed by atoms with E-state index in [-0.39, 0.29) is 0 Å². The van der Waals surface area contributed by atoms with Gasteiger partial charge in [-0.3, -0.25) is 4.79 Å². The standard InChI is InChI=1S/C13H26O2.2CHI3/c1-2-3-4-5-6-7-8-9-10-11-12-13(14)15;2*2-1(3)4/h2-12H2,1H3,(H,14,15);2*1H. The largest absolute Gasteiger partial charge is 0.481 e. The molecule has 0 atom stereocenters. The van der Waals surface area contributed by atoms with Gasteiger partial charge in [-0.1, -0.05) is 200 Å². The molecule has 1 N–H and O–H groups in total. The number of aliphatic carboxylic acids is 1. The monoisotopic (exact) mass is 1000 g/mol. The van der Waals surface area contributed by atoms with Crippen molar-refractivity contribution in [1.29, 1.82) is 0 Å². The summed E-state index contributed by atoms with van der Waals surface area (Å²) in [5.41, 5.74) is 0. The Kier molecular flexibility index (Phi) is 38.5. The average Bonchev–Trinajstić information content (AvgIpc) is 2.39. The van der Waals surface area contributed by atoms with Crippen molar-refractivity contribution in [3.63, 3.8) is 0 Å². The van der Waals surface area contributed by atoms with E-state index in [4.69, 9.17) is 5.11 Å². The van der Waals surface area contributed by atoms with E-state index in [1.165, 1.54) is 51.4 Å². The Morgan fingerprint density at radius 2 is 0.957 bits per heavy atom. The van der Waals surface area contributed by atoms with Gasteiger partial charge in [-0.15, -0.1) is 0 Å². The molecule has 23 heavy (non-hydrogen) atoms. The van der Waals surface area contributed by atoms with Crippen LogP contribution in [-0.2, 0) is 4.79 Å². The topological polar surface area (TPSA) is 37.3 Å². The Bertz CT molecular complexity index is 217. The van der Waals surface area contributed by atoms with E-state index in [0.717, 1.165) is 12.7 Å². The lowest BCUT2D eigenvalue weighted by Crippen LogP contribution is -1.93. The SMILES string of the molecule is CCCCCCCCCCCCC(=O)O.IC(I)I.IC(I)I. The maximum atomic E-state index is 10.2. The van der Waals surface area contributed by atoms with E-state index in [9.17, 15) is 4.79 Å². The van der Waals surface area contributed by atoms with E-state index in [1.54, 1.807) is 0 Å². The van der Waals surface area contributed by atoms with Crippen molar-refractivity contribution < 1.29 is 9.90 Å². The summed E-state index contributed by atoms with van der Waals surface area (Å²) < 4.78 is 1.49. The number of carbonyl (C=O) groups is 1. The molecule has 0 saturated heterocycles. The summed E-state index contributed by atoms with van der Waals surface area (Å²) in [4.78, 5) is 10.2. The quantitative estimate of drug-likeness (QED) is 0.127. The molecule has 142 valence electrons. The molecule has 0 aliphatic heterocycles. The molecular weight excluding hydrogens is 974 g/mol. The molecule has 0 bridgehead atoms. The number of carboxylic acid groups (broad SMARTS) is 1. The lowest BCUT2D eigenvalue weighted by molar-refractivity contribution is -0.137. The van der Waals surface area contributed by atoms with Gasteiger partial charge in [0.1, 0.15) is -0.124 Å². The minimum atomic E-state index is -0.658. The van der Waals surface area contributed by atoms with Crippen LogP contribution in [0.5, 0.6) is 0 Å². The predicted molar refractivity (Wildman–Crippen MR) is 156 cm³/mol. The zero-order valence-electron chi connectivity index (χ0n) is 13.6. The fraction of sp³-hybridized carbons (Fsp3) is 0.933. The van der Waals surface area contributed by atoms with E-state index >= 15 is 0 Å². The van der Waals surface area contributed by atoms with Gasteiger partial charge in [-0.2, -0.15) is 0 Å². The third kappa shape index (κ3) is 58.5. The van der Waals surface area contributed by atoms with E-state index in [2.05, 4.69) is 142 Å². The average molecular weight is 1000 g/mol. The first kappa shape index (κ1) is 31.5. The van der Waals surface area contributed by atoms with Crippen LogP contribution < -0.4 is 0 Å². The van der Waals surface area contributed by atoms with Crippen molar-refractivity contribution in [3.8, 4) is 0 Å².